The first-order valence-electron chi connectivity index (χ1n) is 14.0. The van der Waals surface area contributed by atoms with Crippen LogP contribution < -0.4 is 15.4 Å². The molecule has 0 aliphatic carbocycles. The lowest BCUT2D eigenvalue weighted by atomic mass is 9.99. The van der Waals surface area contributed by atoms with Crippen molar-refractivity contribution in [2.45, 2.75) is 65.3 Å². The third-order valence-electron chi connectivity index (χ3n) is 6.49. The number of aryl methyl sites for hydroxylation is 2. The van der Waals surface area contributed by atoms with Gasteiger partial charge >= 0.3 is 12.1 Å². The second-order valence-electron chi connectivity index (χ2n) is 11.3. The molecule has 0 saturated heterocycles. The average molecular weight is 541 g/mol. The minimum Gasteiger partial charge on any atom is -0.492 e. The number of benzene rings is 1. The molecule has 9 nitrogen and oxygen atoms in total. The Bertz CT molecular complexity index is 1040. The summed E-state index contributed by atoms with van der Waals surface area (Å²) in [6, 6.07) is 12.9. The molecule has 1 aromatic carbocycles. The van der Waals surface area contributed by atoms with Crippen molar-refractivity contribution in [1.82, 2.24) is 15.2 Å². The molecule has 39 heavy (non-hydrogen) atoms. The van der Waals surface area contributed by atoms with Gasteiger partial charge in [-0.1, -0.05) is 45.0 Å². The van der Waals surface area contributed by atoms with Gasteiger partial charge in [0.05, 0.1) is 6.61 Å². The molecule has 0 spiro atoms. The van der Waals surface area contributed by atoms with E-state index in [1.807, 2.05) is 51.1 Å². The van der Waals surface area contributed by atoms with Gasteiger partial charge in [-0.2, -0.15) is 0 Å². The van der Waals surface area contributed by atoms with Crippen LogP contribution in [0.4, 0.5) is 10.6 Å². The highest BCUT2D eigenvalue weighted by molar-refractivity contribution is 5.79. The molecule has 0 unspecified atom stereocenters. The number of aliphatic carboxylic acids is 1. The van der Waals surface area contributed by atoms with Crippen LogP contribution in [0.15, 0.2) is 42.5 Å². The molecule has 1 aromatic heterocycles. The van der Waals surface area contributed by atoms with E-state index >= 15 is 0 Å². The number of aromatic nitrogens is 1. The van der Waals surface area contributed by atoms with Crippen LogP contribution in [0.3, 0.4) is 0 Å². The second kappa shape index (κ2) is 15.3. The molecule has 9 heteroatoms. The molecule has 1 aliphatic rings. The van der Waals surface area contributed by atoms with Gasteiger partial charge < -0.3 is 25.2 Å². The topological polar surface area (TPSA) is 113 Å². The summed E-state index contributed by atoms with van der Waals surface area (Å²) in [5.41, 5.74) is 2.18. The smallest absolute Gasteiger partial charge is 0.407 e. The van der Waals surface area contributed by atoms with E-state index in [1.165, 1.54) is 5.56 Å². The summed E-state index contributed by atoms with van der Waals surface area (Å²) in [6.07, 6.45) is 4.59. The van der Waals surface area contributed by atoms with Crippen LogP contribution in [0.25, 0.3) is 0 Å². The van der Waals surface area contributed by atoms with Crippen molar-refractivity contribution in [3.8, 4) is 5.75 Å². The van der Waals surface area contributed by atoms with Gasteiger partial charge in [-0.3, -0.25) is 4.90 Å². The fraction of sp³-hybridized carbons (Fsp3) is 0.567. The minimum absolute atomic E-state index is 0.198. The number of ether oxygens (including phenoxy) is 2. The fourth-order valence-corrected chi connectivity index (χ4v) is 4.33. The molecular formula is C30H44N4O5. The number of carbonyl (C=O) groups is 2. The maximum atomic E-state index is 12.2. The molecule has 1 atom stereocenters. The van der Waals surface area contributed by atoms with Crippen LogP contribution in [0.1, 0.15) is 57.7 Å². The zero-order chi connectivity index (χ0) is 28.1. The Labute approximate surface area is 232 Å². The van der Waals surface area contributed by atoms with Crippen LogP contribution in [0, 0.1) is 5.41 Å². The average Bonchev–Trinajstić information content (AvgIpc) is 2.91. The zero-order valence-corrected chi connectivity index (χ0v) is 23.6. The Hall–Kier alpha value is -3.33. The lowest BCUT2D eigenvalue weighted by Gasteiger charge is -2.25. The van der Waals surface area contributed by atoms with Gasteiger partial charge in [-0.05, 0) is 74.2 Å². The van der Waals surface area contributed by atoms with Crippen LogP contribution in [0.5, 0.6) is 5.75 Å². The van der Waals surface area contributed by atoms with Gasteiger partial charge in [-0.15, -0.1) is 0 Å². The molecule has 2 aromatic rings. The van der Waals surface area contributed by atoms with Crippen molar-refractivity contribution in [3.63, 3.8) is 0 Å². The fourth-order valence-electron chi connectivity index (χ4n) is 4.33. The normalized spacial score (nSPS) is 13.7. The number of carboxylic acids is 1. The number of hydrogen-bond acceptors (Lipinski definition) is 7. The Balaban J connectivity index is 1.50. The summed E-state index contributed by atoms with van der Waals surface area (Å²) in [4.78, 5) is 31.0. The monoisotopic (exact) mass is 540 g/mol. The van der Waals surface area contributed by atoms with Crippen LogP contribution in [-0.4, -0.2) is 72.5 Å². The van der Waals surface area contributed by atoms with Crippen molar-refractivity contribution >= 4 is 17.9 Å². The molecule has 0 fully saturated rings. The molecule has 2 heterocycles. The third kappa shape index (κ3) is 11.5. The number of unbranched alkanes of at least 4 members (excludes halogenated alkanes) is 1. The van der Waals surface area contributed by atoms with Gasteiger partial charge in [0, 0.05) is 25.3 Å². The number of alkyl carbamates (subject to hydrolysis) is 1. The highest BCUT2D eigenvalue weighted by Crippen LogP contribution is 2.20. The van der Waals surface area contributed by atoms with E-state index in [1.54, 1.807) is 0 Å². The van der Waals surface area contributed by atoms with Crippen LogP contribution in [-0.2, 0) is 22.4 Å². The lowest BCUT2D eigenvalue weighted by molar-refractivity contribution is -0.139. The number of nitrogens with zero attached hydrogens (tertiary/aromatic N) is 2. The van der Waals surface area contributed by atoms with Gasteiger partial charge in [0.1, 0.15) is 24.2 Å². The largest absolute Gasteiger partial charge is 0.492 e. The molecular weight excluding hydrogens is 496 g/mol. The van der Waals surface area contributed by atoms with Crippen LogP contribution in [0.2, 0.25) is 0 Å². The number of nitrogens with one attached hydrogen (secondary N) is 2. The number of anilines is 1. The molecule has 0 saturated carbocycles. The van der Waals surface area contributed by atoms with Crippen LogP contribution >= 0.6 is 0 Å². The highest BCUT2D eigenvalue weighted by atomic mass is 16.5. The van der Waals surface area contributed by atoms with E-state index in [0.29, 0.717) is 19.7 Å². The number of fused-ring (bicyclic) bond motifs is 1. The van der Waals surface area contributed by atoms with Gasteiger partial charge in [-0.25, -0.2) is 14.6 Å². The molecule has 0 radical (unpaired) electrons. The number of carbonyl (C=O) groups excluding carboxylic acids is 1. The van der Waals surface area contributed by atoms with Crippen molar-refractivity contribution in [1.29, 1.82) is 0 Å². The Morgan fingerprint density at radius 2 is 1.90 bits per heavy atom. The van der Waals surface area contributed by atoms with E-state index in [4.69, 9.17) is 14.5 Å². The maximum absolute atomic E-state index is 12.2. The summed E-state index contributed by atoms with van der Waals surface area (Å²) >= 11 is 0. The van der Waals surface area contributed by atoms with E-state index in [-0.39, 0.29) is 18.4 Å². The molecule has 0 bridgehead atoms. The third-order valence-corrected chi connectivity index (χ3v) is 6.49. The zero-order valence-electron chi connectivity index (χ0n) is 23.6. The standard InChI is InChI=1S/C30H44N4O5/c1-30(2,3)22-39-29(37)33-26(28(35)36)16-19-34(20-21-38-25-12-5-4-6-13-25)18-8-7-11-24-15-14-23-10-9-17-31-27(23)32-24/h4-6,12-15,26H,7-11,16-22H2,1-3H3,(H,31,32)(H,33,37)(H,35,36)/t26-/m0/s1. The van der Waals surface area contributed by atoms with E-state index < -0.39 is 18.1 Å². The summed E-state index contributed by atoms with van der Waals surface area (Å²) in [5.74, 6) is 0.748. The Morgan fingerprint density at radius 3 is 2.64 bits per heavy atom. The number of pyridine rings is 1. The SMILES string of the molecule is CC(C)(C)COC(=O)N[C@@H](CCN(CCCCc1ccc2c(n1)NCCC2)CCOc1ccccc1)C(=O)O. The van der Waals surface area contributed by atoms with Gasteiger partial charge in [0.15, 0.2) is 0 Å². The highest BCUT2D eigenvalue weighted by Gasteiger charge is 2.23. The van der Waals surface area contributed by atoms with Gasteiger partial charge in [0.25, 0.3) is 0 Å². The Morgan fingerprint density at radius 1 is 1.10 bits per heavy atom. The van der Waals surface area contributed by atoms with E-state index in [9.17, 15) is 14.7 Å². The second-order valence-corrected chi connectivity index (χ2v) is 11.3. The first-order chi connectivity index (χ1) is 18.7. The first kappa shape index (κ1) is 30.2. The number of rotatable bonds is 15. The molecule has 1 aliphatic heterocycles. The van der Waals surface area contributed by atoms with Crippen molar-refractivity contribution in [2.24, 2.45) is 5.41 Å². The lowest BCUT2D eigenvalue weighted by Crippen LogP contribution is -2.44. The molecule has 3 N–H and O–H groups in total. The molecule has 1 amide bonds. The summed E-state index contributed by atoms with van der Waals surface area (Å²) in [5, 5.41) is 15.6. The predicted octanol–water partition coefficient (Wildman–Crippen LogP) is 4.76. The van der Waals surface area contributed by atoms with Crippen molar-refractivity contribution in [3.05, 3.63) is 53.7 Å². The number of hydrogen-bond donors (Lipinski definition) is 3. The molecule has 3 rings (SSSR count). The molecule has 214 valence electrons. The van der Waals surface area contributed by atoms with Gasteiger partial charge in [0.2, 0.25) is 0 Å². The van der Waals surface area contributed by atoms with Crippen molar-refractivity contribution in [2.75, 3.05) is 44.7 Å². The Kier molecular flexibility index (Phi) is 11.9. The number of para-hydroxylation sites is 1. The predicted molar refractivity (Wildman–Crippen MR) is 152 cm³/mol. The number of carboxylic acid groups (broad SMARTS) is 1. The summed E-state index contributed by atoms with van der Waals surface area (Å²) in [7, 11) is 0. The van der Waals surface area contributed by atoms with E-state index in [2.05, 4.69) is 27.7 Å². The quantitative estimate of drug-likeness (QED) is 0.277. The summed E-state index contributed by atoms with van der Waals surface area (Å²) in [6.45, 7) is 9.47. The van der Waals surface area contributed by atoms with Crippen molar-refractivity contribution < 1.29 is 24.2 Å². The number of amides is 1. The summed E-state index contributed by atoms with van der Waals surface area (Å²) < 4.78 is 11.1. The minimum atomic E-state index is -1.07. The first-order valence-corrected chi connectivity index (χ1v) is 14.0. The maximum Gasteiger partial charge on any atom is 0.407 e. The van der Waals surface area contributed by atoms with E-state index in [0.717, 1.165) is 62.5 Å².